The highest BCUT2D eigenvalue weighted by atomic mass is 16.5. The number of aryl methyl sites for hydroxylation is 3. The number of carbonyl (C=O) groups is 1. The van der Waals surface area contributed by atoms with Crippen molar-refractivity contribution < 1.29 is 14.3 Å². The third kappa shape index (κ3) is 4.08. The summed E-state index contributed by atoms with van der Waals surface area (Å²) in [6.07, 6.45) is 1.67. The van der Waals surface area contributed by atoms with Crippen molar-refractivity contribution in [3.05, 3.63) is 76.1 Å². The molecule has 1 N–H and O–H groups in total. The first kappa shape index (κ1) is 21.2. The van der Waals surface area contributed by atoms with Crippen LogP contribution < -0.4 is 14.9 Å². The number of hydrazone groups is 1. The zero-order chi connectivity index (χ0) is 21.8. The maximum atomic E-state index is 12.4. The van der Waals surface area contributed by atoms with Gasteiger partial charge in [0.2, 0.25) is 0 Å². The summed E-state index contributed by atoms with van der Waals surface area (Å²) in [6, 6.07) is 13.3. The Morgan fingerprint density at radius 2 is 1.63 bits per heavy atom. The van der Waals surface area contributed by atoms with Gasteiger partial charge in [0.05, 0.1) is 26.1 Å². The third-order valence-corrected chi connectivity index (χ3v) is 5.15. The molecule has 156 valence electrons. The van der Waals surface area contributed by atoms with Gasteiger partial charge in [-0.3, -0.25) is 4.79 Å². The largest absolute Gasteiger partial charge is 0.493 e. The van der Waals surface area contributed by atoms with Crippen LogP contribution in [-0.4, -0.2) is 30.9 Å². The number of aromatic nitrogens is 1. The number of methoxy groups -OCH3 is 2. The molecule has 2 aromatic carbocycles. The van der Waals surface area contributed by atoms with Gasteiger partial charge in [0, 0.05) is 22.5 Å². The monoisotopic (exact) mass is 405 g/mol. The first-order valence-corrected chi connectivity index (χ1v) is 9.68. The first-order chi connectivity index (χ1) is 14.4. The summed E-state index contributed by atoms with van der Waals surface area (Å²) in [6.45, 7) is 8.34. The van der Waals surface area contributed by atoms with Crippen LogP contribution in [0.1, 0.15) is 38.4 Å². The molecule has 1 aromatic heterocycles. The van der Waals surface area contributed by atoms with E-state index in [4.69, 9.17) is 9.47 Å². The summed E-state index contributed by atoms with van der Waals surface area (Å²) in [5, 5.41) is 4.16. The number of nitrogens with one attached hydrogen (secondary N) is 1. The summed E-state index contributed by atoms with van der Waals surface area (Å²) < 4.78 is 12.7. The molecule has 0 radical (unpaired) electrons. The van der Waals surface area contributed by atoms with Crippen LogP contribution in [0.2, 0.25) is 0 Å². The standard InChI is InChI=1S/C24H27N3O3/c1-15-8-7-9-16(2)23(15)27-17(3)12-20(18(27)4)14-25-26-24(28)19-10-11-21(29-5)22(13-19)30-6/h7-14H,1-6H3,(H,26,28). The fourth-order valence-electron chi connectivity index (χ4n) is 3.62. The normalized spacial score (nSPS) is 11.0. The Kier molecular flexibility index (Phi) is 6.26. The average molecular weight is 405 g/mol. The highest BCUT2D eigenvalue weighted by Gasteiger charge is 2.14. The van der Waals surface area contributed by atoms with E-state index in [1.54, 1.807) is 31.5 Å². The van der Waals surface area contributed by atoms with Crippen LogP contribution in [0, 0.1) is 27.7 Å². The summed E-state index contributed by atoms with van der Waals surface area (Å²) >= 11 is 0. The van der Waals surface area contributed by atoms with Crippen LogP contribution in [0.5, 0.6) is 11.5 Å². The van der Waals surface area contributed by atoms with E-state index in [2.05, 4.69) is 67.1 Å². The van der Waals surface area contributed by atoms with Crippen LogP contribution in [0.25, 0.3) is 5.69 Å². The molecule has 1 amide bonds. The van der Waals surface area contributed by atoms with Crippen LogP contribution >= 0.6 is 0 Å². The SMILES string of the molecule is COc1ccc(C(=O)NN=Cc2cc(C)n(-c3c(C)cccc3C)c2C)cc1OC. The number of carbonyl (C=O) groups excluding carboxylic acids is 1. The predicted molar refractivity (Wildman–Crippen MR) is 119 cm³/mol. The number of amides is 1. The van der Waals surface area contributed by atoms with E-state index in [0.29, 0.717) is 17.1 Å². The van der Waals surface area contributed by atoms with Gasteiger partial charge in [0.1, 0.15) is 0 Å². The highest BCUT2D eigenvalue weighted by molar-refractivity contribution is 5.95. The topological polar surface area (TPSA) is 64.8 Å². The molecule has 0 saturated carbocycles. The minimum Gasteiger partial charge on any atom is -0.493 e. The lowest BCUT2D eigenvalue weighted by molar-refractivity contribution is 0.0954. The Balaban J connectivity index is 1.82. The fourth-order valence-corrected chi connectivity index (χ4v) is 3.62. The molecular weight excluding hydrogens is 378 g/mol. The molecule has 0 bridgehead atoms. The van der Waals surface area contributed by atoms with Crippen molar-refractivity contribution in [3.8, 4) is 17.2 Å². The second-order valence-electron chi connectivity index (χ2n) is 7.17. The Morgan fingerprint density at radius 1 is 0.967 bits per heavy atom. The Labute approximate surface area is 177 Å². The summed E-state index contributed by atoms with van der Waals surface area (Å²) in [5.74, 6) is 0.735. The Hall–Kier alpha value is -3.54. The van der Waals surface area contributed by atoms with E-state index < -0.39 is 0 Å². The minimum absolute atomic E-state index is 0.323. The molecule has 0 fully saturated rings. The third-order valence-electron chi connectivity index (χ3n) is 5.15. The van der Waals surface area contributed by atoms with Gasteiger partial charge in [-0.05, 0) is 63.1 Å². The molecule has 0 unspecified atom stereocenters. The quantitative estimate of drug-likeness (QED) is 0.485. The minimum atomic E-state index is -0.323. The lowest BCUT2D eigenvalue weighted by Crippen LogP contribution is -2.17. The van der Waals surface area contributed by atoms with E-state index >= 15 is 0 Å². The van der Waals surface area contributed by atoms with Gasteiger partial charge in [-0.25, -0.2) is 5.43 Å². The van der Waals surface area contributed by atoms with Gasteiger partial charge in [-0.1, -0.05) is 18.2 Å². The highest BCUT2D eigenvalue weighted by Crippen LogP contribution is 2.28. The van der Waals surface area contributed by atoms with E-state index in [1.165, 1.54) is 23.9 Å². The van der Waals surface area contributed by atoms with Crippen molar-refractivity contribution in [2.45, 2.75) is 27.7 Å². The smallest absolute Gasteiger partial charge is 0.271 e. The van der Waals surface area contributed by atoms with Gasteiger partial charge >= 0.3 is 0 Å². The predicted octanol–water partition coefficient (Wildman–Crippen LogP) is 4.49. The molecule has 6 nitrogen and oxygen atoms in total. The number of rotatable bonds is 6. The van der Waals surface area contributed by atoms with Gasteiger partial charge in [0.15, 0.2) is 11.5 Å². The number of para-hydroxylation sites is 1. The number of hydrogen-bond acceptors (Lipinski definition) is 4. The lowest BCUT2D eigenvalue weighted by Gasteiger charge is -2.15. The van der Waals surface area contributed by atoms with Crippen molar-refractivity contribution in [3.63, 3.8) is 0 Å². The number of ether oxygens (including phenoxy) is 2. The molecule has 0 atom stereocenters. The zero-order valence-corrected chi connectivity index (χ0v) is 18.2. The Bertz CT molecular complexity index is 1090. The van der Waals surface area contributed by atoms with Crippen molar-refractivity contribution in [1.82, 2.24) is 9.99 Å². The van der Waals surface area contributed by atoms with Crippen molar-refractivity contribution in [1.29, 1.82) is 0 Å². The van der Waals surface area contributed by atoms with Crippen LogP contribution in [0.15, 0.2) is 47.6 Å². The number of benzene rings is 2. The molecule has 0 aliphatic carbocycles. The molecule has 0 aliphatic heterocycles. The van der Waals surface area contributed by atoms with E-state index in [9.17, 15) is 4.79 Å². The number of nitrogens with zero attached hydrogens (tertiary/aromatic N) is 2. The van der Waals surface area contributed by atoms with Crippen molar-refractivity contribution in [2.75, 3.05) is 14.2 Å². The van der Waals surface area contributed by atoms with E-state index in [-0.39, 0.29) is 5.91 Å². The van der Waals surface area contributed by atoms with Gasteiger partial charge < -0.3 is 14.0 Å². The fraction of sp³-hybridized carbons (Fsp3) is 0.250. The maximum absolute atomic E-state index is 12.4. The second kappa shape index (κ2) is 8.86. The maximum Gasteiger partial charge on any atom is 0.271 e. The number of hydrogen-bond donors (Lipinski definition) is 1. The van der Waals surface area contributed by atoms with Gasteiger partial charge in [0.25, 0.3) is 5.91 Å². The Morgan fingerprint density at radius 3 is 2.27 bits per heavy atom. The van der Waals surface area contributed by atoms with Crippen molar-refractivity contribution >= 4 is 12.1 Å². The molecule has 6 heteroatoms. The molecule has 30 heavy (non-hydrogen) atoms. The van der Waals surface area contributed by atoms with Crippen LogP contribution in [0.4, 0.5) is 0 Å². The van der Waals surface area contributed by atoms with E-state index in [0.717, 1.165) is 17.0 Å². The molecule has 0 saturated heterocycles. The van der Waals surface area contributed by atoms with Gasteiger partial charge in [-0.2, -0.15) is 5.10 Å². The van der Waals surface area contributed by atoms with Gasteiger partial charge in [-0.15, -0.1) is 0 Å². The lowest BCUT2D eigenvalue weighted by atomic mass is 10.1. The summed E-state index contributed by atoms with van der Waals surface area (Å²) in [5.41, 5.74) is 9.74. The molecule has 1 heterocycles. The molecule has 3 aromatic rings. The molecular formula is C24H27N3O3. The van der Waals surface area contributed by atoms with Crippen molar-refractivity contribution in [2.24, 2.45) is 5.10 Å². The van der Waals surface area contributed by atoms with E-state index in [1.807, 2.05) is 0 Å². The van der Waals surface area contributed by atoms with Crippen LogP contribution in [-0.2, 0) is 0 Å². The average Bonchev–Trinajstić information content (AvgIpc) is 3.01. The van der Waals surface area contributed by atoms with Crippen LogP contribution in [0.3, 0.4) is 0 Å². The summed E-state index contributed by atoms with van der Waals surface area (Å²) in [4.78, 5) is 12.4. The summed E-state index contributed by atoms with van der Waals surface area (Å²) in [7, 11) is 3.08. The molecule has 0 aliphatic rings. The molecule has 0 spiro atoms. The molecule has 3 rings (SSSR count). The second-order valence-corrected chi connectivity index (χ2v) is 7.17. The first-order valence-electron chi connectivity index (χ1n) is 9.68. The zero-order valence-electron chi connectivity index (χ0n) is 18.2.